The second kappa shape index (κ2) is 5.57. The lowest BCUT2D eigenvalue weighted by molar-refractivity contribution is -0.106. The topological polar surface area (TPSA) is 71.7 Å². The lowest BCUT2D eigenvalue weighted by Gasteiger charge is -2.54. The Morgan fingerprint density at radius 1 is 1.41 bits per heavy atom. The predicted octanol–water partition coefficient (Wildman–Crippen LogP) is 1.77. The minimum absolute atomic E-state index is 0.134. The van der Waals surface area contributed by atoms with Crippen LogP contribution in [0.15, 0.2) is 9.41 Å². The van der Waals surface area contributed by atoms with Gasteiger partial charge in [0.1, 0.15) is 5.76 Å². The van der Waals surface area contributed by atoms with Crippen molar-refractivity contribution in [2.75, 3.05) is 13.7 Å². The third-order valence-corrected chi connectivity index (χ3v) is 5.10. The second-order valence-corrected chi connectivity index (χ2v) is 6.86. The molecule has 122 valence electrons. The van der Waals surface area contributed by atoms with Crippen LogP contribution in [-0.4, -0.2) is 36.7 Å². The van der Waals surface area contributed by atoms with Crippen LogP contribution in [0.3, 0.4) is 0 Å². The zero-order chi connectivity index (χ0) is 15.9. The molecule has 0 radical (unpaired) electrons. The Bertz CT molecular complexity index is 559. The molecule has 2 fully saturated rings. The predicted molar refractivity (Wildman–Crippen MR) is 84.7 cm³/mol. The van der Waals surface area contributed by atoms with E-state index < -0.39 is 0 Å². The molecule has 3 unspecified atom stereocenters. The first-order valence-electron chi connectivity index (χ1n) is 7.95. The molecule has 0 spiro atoms. The number of aromatic nitrogens is 1. The Hall–Kier alpha value is -1.56. The molecule has 3 atom stereocenters. The molecule has 6 heteroatoms. The number of hydrogen-bond acceptors (Lipinski definition) is 4. The van der Waals surface area contributed by atoms with Crippen molar-refractivity contribution in [1.29, 1.82) is 0 Å². The number of nitrogens with zero attached hydrogens (tertiary/aromatic N) is 2. The maximum atomic E-state index is 5.83. The zero-order valence-electron chi connectivity index (χ0n) is 14.1. The van der Waals surface area contributed by atoms with Gasteiger partial charge in [-0.15, -0.1) is 0 Å². The van der Waals surface area contributed by atoms with Crippen LogP contribution >= 0.6 is 0 Å². The molecule has 6 nitrogen and oxygen atoms in total. The van der Waals surface area contributed by atoms with Gasteiger partial charge in [0.05, 0.1) is 18.3 Å². The molecule has 1 saturated heterocycles. The van der Waals surface area contributed by atoms with Crippen LogP contribution in [0, 0.1) is 25.2 Å². The van der Waals surface area contributed by atoms with E-state index in [1.807, 2.05) is 13.8 Å². The molecule has 1 aromatic heterocycles. The van der Waals surface area contributed by atoms with Crippen molar-refractivity contribution in [1.82, 2.24) is 15.6 Å². The summed E-state index contributed by atoms with van der Waals surface area (Å²) in [6, 6.07) is 0.388. The SMILES string of the molecule is CN=C(NCc1nc(C)c(C)o1)NC1C2CCOC2C1(C)C. The van der Waals surface area contributed by atoms with E-state index in [0.29, 0.717) is 30.5 Å². The number of nitrogens with one attached hydrogen (secondary N) is 2. The minimum Gasteiger partial charge on any atom is -0.444 e. The number of fused-ring (bicyclic) bond motifs is 1. The van der Waals surface area contributed by atoms with E-state index in [2.05, 4.69) is 34.5 Å². The van der Waals surface area contributed by atoms with Crippen LogP contribution < -0.4 is 10.6 Å². The van der Waals surface area contributed by atoms with Crippen LogP contribution in [0.4, 0.5) is 0 Å². The third kappa shape index (κ3) is 2.49. The Balaban J connectivity index is 1.58. The van der Waals surface area contributed by atoms with Gasteiger partial charge in [0.2, 0.25) is 5.89 Å². The highest BCUT2D eigenvalue weighted by atomic mass is 16.5. The zero-order valence-corrected chi connectivity index (χ0v) is 14.1. The normalized spacial score (nSPS) is 29.9. The van der Waals surface area contributed by atoms with Crippen molar-refractivity contribution in [3.63, 3.8) is 0 Å². The maximum Gasteiger partial charge on any atom is 0.214 e. The highest BCUT2D eigenvalue weighted by Crippen LogP contribution is 2.52. The van der Waals surface area contributed by atoms with Crippen LogP contribution in [0.25, 0.3) is 0 Å². The van der Waals surface area contributed by atoms with Crippen molar-refractivity contribution < 1.29 is 9.15 Å². The number of rotatable bonds is 3. The molecule has 22 heavy (non-hydrogen) atoms. The number of ether oxygens (including phenoxy) is 1. The van der Waals surface area contributed by atoms with E-state index in [0.717, 1.165) is 30.4 Å². The van der Waals surface area contributed by atoms with Crippen molar-refractivity contribution in [2.24, 2.45) is 16.3 Å². The fourth-order valence-electron chi connectivity index (χ4n) is 3.73. The van der Waals surface area contributed by atoms with Crippen molar-refractivity contribution in [3.05, 3.63) is 17.3 Å². The summed E-state index contributed by atoms with van der Waals surface area (Å²) >= 11 is 0. The fourth-order valence-corrected chi connectivity index (χ4v) is 3.73. The summed E-state index contributed by atoms with van der Waals surface area (Å²) in [5, 5.41) is 6.83. The summed E-state index contributed by atoms with van der Waals surface area (Å²) in [6.45, 7) is 9.79. The molecule has 1 aliphatic heterocycles. The first-order valence-corrected chi connectivity index (χ1v) is 7.95. The number of guanidine groups is 1. The lowest BCUT2D eigenvalue weighted by atomic mass is 9.57. The Morgan fingerprint density at radius 2 is 2.18 bits per heavy atom. The number of aryl methyl sites for hydroxylation is 2. The molecular formula is C16H26N4O2. The smallest absolute Gasteiger partial charge is 0.214 e. The van der Waals surface area contributed by atoms with E-state index in [1.165, 1.54) is 0 Å². The molecule has 1 saturated carbocycles. The molecule has 1 aliphatic carbocycles. The van der Waals surface area contributed by atoms with Crippen molar-refractivity contribution in [2.45, 2.75) is 52.8 Å². The lowest BCUT2D eigenvalue weighted by Crippen LogP contribution is -2.67. The molecule has 2 N–H and O–H groups in total. The van der Waals surface area contributed by atoms with E-state index in [-0.39, 0.29) is 5.41 Å². The number of hydrogen-bond donors (Lipinski definition) is 2. The van der Waals surface area contributed by atoms with E-state index in [1.54, 1.807) is 7.05 Å². The molecule has 3 rings (SSSR count). The molecule has 0 bridgehead atoms. The molecular weight excluding hydrogens is 280 g/mol. The van der Waals surface area contributed by atoms with Gasteiger partial charge in [-0.1, -0.05) is 13.8 Å². The minimum atomic E-state index is 0.134. The summed E-state index contributed by atoms with van der Waals surface area (Å²) in [7, 11) is 1.79. The van der Waals surface area contributed by atoms with Crippen LogP contribution in [0.5, 0.6) is 0 Å². The van der Waals surface area contributed by atoms with E-state index >= 15 is 0 Å². The largest absolute Gasteiger partial charge is 0.444 e. The quantitative estimate of drug-likeness (QED) is 0.658. The van der Waals surface area contributed by atoms with E-state index in [9.17, 15) is 0 Å². The van der Waals surface area contributed by atoms with Crippen LogP contribution in [-0.2, 0) is 11.3 Å². The standard InChI is InChI=1S/C16H26N4O2/c1-9-10(2)22-12(19-9)8-18-15(17-5)20-13-11-6-7-21-14(11)16(13,3)4/h11,13-14H,6-8H2,1-5H3,(H2,17,18,20). The fraction of sp³-hybridized carbons (Fsp3) is 0.750. The van der Waals surface area contributed by atoms with Gasteiger partial charge in [-0.3, -0.25) is 4.99 Å². The van der Waals surface area contributed by atoms with Crippen molar-refractivity contribution in [3.8, 4) is 0 Å². The number of aliphatic imine (C=N–C) groups is 1. The van der Waals surface area contributed by atoms with Gasteiger partial charge >= 0.3 is 0 Å². The van der Waals surface area contributed by atoms with Gasteiger partial charge in [-0.2, -0.15) is 0 Å². The van der Waals surface area contributed by atoms with Crippen molar-refractivity contribution >= 4 is 5.96 Å². The van der Waals surface area contributed by atoms with Crippen LogP contribution in [0.2, 0.25) is 0 Å². The summed E-state index contributed by atoms with van der Waals surface area (Å²) in [5.74, 6) is 2.93. The molecule has 1 aromatic rings. The van der Waals surface area contributed by atoms with Gasteiger partial charge in [0.15, 0.2) is 5.96 Å². The maximum absolute atomic E-state index is 5.83. The first-order chi connectivity index (χ1) is 10.4. The third-order valence-electron chi connectivity index (χ3n) is 5.10. The van der Waals surface area contributed by atoms with Gasteiger partial charge in [-0.05, 0) is 20.3 Å². The molecule has 2 heterocycles. The number of oxazole rings is 1. The molecule has 2 aliphatic rings. The van der Waals surface area contributed by atoms with Gasteiger partial charge in [0, 0.05) is 31.0 Å². The van der Waals surface area contributed by atoms with E-state index in [4.69, 9.17) is 9.15 Å². The highest BCUT2D eigenvalue weighted by Gasteiger charge is 2.59. The second-order valence-electron chi connectivity index (χ2n) is 6.86. The average molecular weight is 306 g/mol. The molecule has 0 amide bonds. The van der Waals surface area contributed by atoms with Crippen LogP contribution in [0.1, 0.15) is 37.6 Å². The summed E-state index contributed by atoms with van der Waals surface area (Å²) in [4.78, 5) is 8.70. The molecule has 0 aromatic carbocycles. The Kier molecular flexibility index (Phi) is 3.89. The summed E-state index contributed by atoms with van der Waals surface area (Å²) < 4.78 is 11.4. The Labute approximate surface area is 131 Å². The monoisotopic (exact) mass is 306 g/mol. The summed E-state index contributed by atoms with van der Waals surface area (Å²) in [6.07, 6.45) is 1.50. The summed E-state index contributed by atoms with van der Waals surface area (Å²) in [5.41, 5.74) is 1.07. The van der Waals surface area contributed by atoms with Gasteiger partial charge < -0.3 is 19.8 Å². The first kappa shape index (κ1) is 15.3. The Morgan fingerprint density at radius 3 is 2.82 bits per heavy atom. The highest BCUT2D eigenvalue weighted by molar-refractivity contribution is 5.80. The van der Waals surface area contributed by atoms with Gasteiger partial charge in [0.25, 0.3) is 0 Å². The average Bonchev–Trinajstić information content (AvgIpc) is 3.05. The van der Waals surface area contributed by atoms with Gasteiger partial charge in [-0.25, -0.2) is 4.98 Å².